The molecule has 1 aliphatic rings. The highest BCUT2D eigenvalue weighted by Crippen LogP contribution is 2.39. The van der Waals surface area contributed by atoms with Gasteiger partial charge in [-0.1, -0.05) is 27.2 Å². The Labute approximate surface area is 96.0 Å². The first-order chi connectivity index (χ1) is 7.03. The Hall–Kier alpha value is -0.220. The van der Waals surface area contributed by atoms with Gasteiger partial charge in [0.15, 0.2) is 0 Å². The van der Waals surface area contributed by atoms with Crippen LogP contribution >= 0.6 is 11.8 Å². The quantitative estimate of drug-likeness (QED) is 0.762. The number of thioether (sulfide) groups is 1. The van der Waals surface area contributed by atoms with E-state index in [9.17, 15) is 4.79 Å². The van der Waals surface area contributed by atoms with E-state index in [-0.39, 0.29) is 10.9 Å². The van der Waals surface area contributed by atoms with E-state index in [1.807, 2.05) is 0 Å². The van der Waals surface area contributed by atoms with Crippen LogP contribution in [0, 0.1) is 5.92 Å². The smallest absolute Gasteiger partial charge is 0.321 e. The molecule has 0 amide bonds. The van der Waals surface area contributed by atoms with E-state index < -0.39 is 5.97 Å². The van der Waals surface area contributed by atoms with Gasteiger partial charge in [-0.15, -0.1) is 11.8 Å². The lowest BCUT2D eigenvalue weighted by molar-refractivity contribution is -0.138. The Kier molecular flexibility index (Phi) is 4.46. The van der Waals surface area contributed by atoms with Crippen LogP contribution in [0.25, 0.3) is 0 Å². The molecule has 3 nitrogen and oxygen atoms in total. The molecule has 2 unspecified atom stereocenters. The van der Waals surface area contributed by atoms with Gasteiger partial charge in [0.25, 0.3) is 0 Å². The van der Waals surface area contributed by atoms with Gasteiger partial charge in [-0.25, -0.2) is 0 Å². The molecule has 1 rings (SSSR count). The first kappa shape index (κ1) is 12.8. The maximum absolute atomic E-state index is 10.9. The van der Waals surface area contributed by atoms with Gasteiger partial charge in [0.2, 0.25) is 0 Å². The average molecular weight is 231 g/mol. The van der Waals surface area contributed by atoms with Crippen molar-refractivity contribution in [3.05, 3.63) is 0 Å². The molecular formula is C11H21NO2S. The van der Waals surface area contributed by atoms with Crippen LogP contribution in [0.15, 0.2) is 0 Å². The third kappa shape index (κ3) is 3.11. The van der Waals surface area contributed by atoms with Crippen molar-refractivity contribution in [2.45, 2.75) is 50.9 Å². The second kappa shape index (κ2) is 5.21. The first-order valence-corrected chi connectivity index (χ1v) is 6.66. The number of hydrogen-bond donors (Lipinski definition) is 2. The van der Waals surface area contributed by atoms with Gasteiger partial charge in [0.1, 0.15) is 6.04 Å². The zero-order chi connectivity index (χ0) is 11.5. The highest BCUT2D eigenvalue weighted by Gasteiger charge is 2.41. The summed E-state index contributed by atoms with van der Waals surface area (Å²) in [5.41, 5.74) is 0. The van der Waals surface area contributed by atoms with E-state index in [0.29, 0.717) is 11.7 Å². The minimum absolute atomic E-state index is 0.00150. The molecule has 0 aromatic rings. The van der Waals surface area contributed by atoms with Crippen LogP contribution in [0.1, 0.15) is 40.0 Å². The molecule has 0 bridgehead atoms. The van der Waals surface area contributed by atoms with Crippen molar-refractivity contribution in [2.24, 2.45) is 5.92 Å². The Morgan fingerprint density at radius 2 is 2.33 bits per heavy atom. The van der Waals surface area contributed by atoms with Crippen LogP contribution in [-0.2, 0) is 4.79 Å². The molecule has 0 saturated carbocycles. The predicted octanol–water partition coefficient (Wildman–Crippen LogP) is 2.32. The number of carboxylic acid groups (broad SMARTS) is 1. The van der Waals surface area contributed by atoms with Crippen LogP contribution in [0.2, 0.25) is 0 Å². The molecule has 0 radical (unpaired) electrons. The second-order valence-corrected chi connectivity index (χ2v) is 5.82. The van der Waals surface area contributed by atoms with E-state index in [4.69, 9.17) is 5.11 Å². The largest absolute Gasteiger partial charge is 0.480 e. The van der Waals surface area contributed by atoms with Crippen molar-refractivity contribution >= 4 is 17.7 Å². The van der Waals surface area contributed by atoms with Gasteiger partial charge in [-0.2, -0.15) is 0 Å². The lowest BCUT2D eigenvalue weighted by Crippen LogP contribution is -2.45. The molecule has 88 valence electrons. The third-order valence-corrected chi connectivity index (χ3v) is 4.83. The summed E-state index contributed by atoms with van der Waals surface area (Å²) >= 11 is 1.78. The molecule has 15 heavy (non-hydrogen) atoms. The normalized spacial score (nSPS) is 32.9. The van der Waals surface area contributed by atoms with E-state index in [1.165, 1.54) is 0 Å². The third-order valence-electron chi connectivity index (χ3n) is 3.21. The minimum Gasteiger partial charge on any atom is -0.480 e. The Morgan fingerprint density at radius 1 is 1.67 bits per heavy atom. The summed E-state index contributed by atoms with van der Waals surface area (Å²) in [7, 11) is 0. The van der Waals surface area contributed by atoms with Crippen LogP contribution in [-0.4, -0.2) is 27.7 Å². The zero-order valence-corrected chi connectivity index (χ0v) is 10.6. The molecule has 4 heteroatoms. The van der Waals surface area contributed by atoms with E-state index >= 15 is 0 Å². The number of aliphatic carboxylic acids is 1. The van der Waals surface area contributed by atoms with Crippen molar-refractivity contribution in [3.8, 4) is 0 Å². The Morgan fingerprint density at radius 3 is 2.73 bits per heavy atom. The molecule has 1 saturated heterocycles. The fraction of sp³-hybridized carbons (Fsp3) is 0.909. The van der Waals surface area contributed by atoms with Crippen molar-refractivity contribution in [1.82, 2.24) is 5.32 Å². The predicted molar refractivity (Wildman–Crippen MR) is 64.1 cm³/mol. The minimum atomic E-state index is -0.720. The zero-order valence-electron chi connectivity index (χ0n) is 9.75. The van der Waals surface area contributed by atoms with Crippen molar-refractivity contribution < 1.29 is 9.90 Å². The van der Waals surface area contributed by atoms with Crippen molar-refractivity contribution in [2.75, 3.05) is 5.75 Å². The number of hydrogen-bond acceptors (Lipinski definition) is 3. The van der Waals surface area contributed by atoms with Crippen molar-refractivity contribution in [3.63, 3.8) is 0 Å². The summed E-state index contributed by atoms with van der Waals surface area (Å²) in [4.78, 5) is 10.9. The fourth-order valence-corrected chi connectivity index (χ4v) is 3.49. The lowest BCUT2D eigenvalue weighted by atomic mass is 9.96. The van der Waals surface area contributed by atoms with Crippen LogP contribution in [0.4, 0.5) is 0 Å². The number of carboxylic acids is 1. The topological polar surface area (TPSA) is 49.3 Å². The molecule has 0 aromatic carbocycles. The number of rotatable bonds is 5. The SMILES string of the molecule is CCC(C)CC1(CC)N[C@H](C(=O)O)CS1. The number of nitrogens with one attached hydrogen (secondary N) is 1. The van der Waals surface area contributed by atoms with Gasteiger partial charge >= 0.3 is 5.97 Å². The summed E-state index contributed by atoms with van der Waals surface area (Å²) in [6.07, 6.45) is 3.21. The van der Waals surface area contributed by atoms with E-state index in [1.54, 1.807) is 11.8 Å². The molecule has 1 heterocycles. The highest BCUT2D eigenvalue weighted by atomic mass is 32.2. The maximum Gasteiger partial charge on any atom is 0.321 e. The van der Waals surface area contributed by atoms with Crippen molar-refractivity contribution in [1.29, 1.82) is 0 Å². The molecule has 1 fully saturated rings. The monoisotopic (exact) mass is 231 g/mol. The van der Waals surface area contributed by atoms with Gasteiger partial charge in [-0.05, 0) is 18.8 Å². The van der Waals surface area contributed by atoms with Gasteiger partial charge in [0, 0.05) is 5.75 Å². The summed E-state index contributed by atoms with van der Waals surface area (Å²) in [6, 6.07) is -0.362. The fourth-order valence-electron chi connectivity index (χ4n) is 1.95. The average Bonchev–Trinajstić information content (AvgIpc) is 2.63. The Balaban J connectivity index is 2.60. The first-order valence-electron chi connectivity index (χ1n) is 5.67. The van der Waals surface area contributed by atoms with Crippen LogP contribution in [0.3, 0.4) is 0 Å². The van der Waals surface area contributed by atoms with Gasteiger partial charge in [0.05, 0.1) is 4.87 Å². The molecule has 0 spiro atoms. The molecule has 3 atom stereocenters. The number of carbonyl (C=O) groups is 1. The van der Waals surface area contributed by atoms with Gasteiger partial charge in [-0.3, -0.25) is 10.1 Å². The summed E-state index contributed by atoms with van der Waals surface area (Å²) in [5.74, 6) is 0.624. The molecule has 1 aliphatic heterocycles. The molecular weight excluding hydrogens is 210 g/mol. The highest BCUT2D eigenvalue weighted by molar-refractivity contribution is 8.00. The van der Waals surface area contributed by atoms with Crippen LogP contribution < -0.4 is 5.32 Å². The molecule has 0 aromatic heterocycles. The standard InChI is InChI=1S/C11H21NO2S/c1-4-8(3)6-11(5-2)12-9(7-15-11)10(13)14/h8-9,12H,4-7H2,1-3H3,(H,13,14)/t8?,9-,11?/m0/s1. The van der Waals surface area contributed by atoms with Gasteiger partial charge < -0.3 is 5.11 Å². The maximum atomic E-state index is 10.9. The second-order valence-electron chi connectivity index (χ2n) is 4.41. The summed E-state index contributed by atoms with van der Waals surface area (Å²) < 4.78 is 0. The van der Waals surface area contributed by atoms with Crippen LogP contribution in [0.5, 0.6) is 0 Å². The molecule has 2 N–H and O–H groups in total. The summed E-state index contributed by atoms with van der Waals surface area (Å²) in [5, 5.41) is 12.2. The van der Waals surface area contributed by atoms with E-state index in [2.05, 4.69) is 26.1 Å². The lowest BCUT2D eigenvalue weighted by Gasteiger charge is -2.30. The Bertz CT molecular complexity index is 235. The summed E-state index contributed by atoms with van der Waals surface area (Å²) in [6.45, 7) is 6.54. The molecule has 0 aliphatic carbocycles. The van der Waals surface area contributed by atoms with E-state index in [0.717, 1.165) is 19.3 Å².